The highest BCUT2D eigenvalue weighted by Crippen LogP contribution is 2.70. The maximum Gasteiger partial charge on any atom is 0.219 e. The summed E-state index contributed by atoms with van der Waals surface area (Å²) in [6.45, 7) is 1.51. The molecule has 0 aliphatic carbocycles. The quantitative estimate of drug-likeness (QED) is 0.658. The van der Waals surface area contributed by atoms with Crippen molar-refractivity contribution in [3.8, 4) is 24.0 Å². The Kier molecular flexibility index (Phi) is 4.97. The van der Waals surface area contributed by atoms with E-state index in [-0.39, 0.29) is 5.56 Å². The van der Waals surface area contributed by atoms with Crippen molar-refractivity contribution in [3.63, 3.8) is 0 Å². The number of halogens is 2. The zero-order chi connectivity index (χ0) is 23.3. The highest BCUT2D eigenvalue weighted by molar-refractivity contribution is 9.10. The molecule has 0 amide bonds. The second-order valence-corrected chi connectivity index (χ2v) is 8.65. The molecule has 2 saturated heterocycles. The number of ether oxygens (including phenoxy) is 3. The first kappa shape index (κ1) is 21.8. The van der Waals surface area contributed by atoms with E-state index in [4.69, 9.17) is 19.6 Å². The summed E-state index contributed by atoms with van der Waals surface area (Å²) >= 11 is 3.27. The summed E-state index contributed by atoms with van der Waals surface area (Å²) in [6, 6.07) is 16.7. The van der Waals surface area contributed by atoms with Gasteiger partial charge in [0, 0.05) is 22.5 Å². The molecule has 2 aromatic rings. The molecule has 1 N–H and O–H groups in total. The van der Waals surface area contributed by atoms with Crippen molar-refractivity contribution in [2.24, 2.45) is 10.8 Å². The zero-order valence-corrected chi connectivity index (χ0v) is 18.6. The first-order valence-corrected chi connectivity index (χ1v) is 10.3. The zero-order valence-electron chi connectivity index (χ0n) is 17.0. The van der Waals surface area contributed by atoms with Gasteiger partial charge in [-0.1, -0.05) is 34.1 Å². The summed E-state index contributed by atoms with van der Waals surface area (Å²) in [5, 5.41) is 39.7. The van der Waals surface area contributed by atoms with Gasteiger partial charge in [-0.2, -0.15) is 15.8 Å². The summed E-state index contributed by atoms with van der Waals surface area (Å²) in [7, 11) is 1.44. The lowest BCUT2D eigenvalue weighted by molar-refractivity contribution is -0.254. The molecule has 2 aliphatic heterocycles. The van der Waals surface area contributed by atoms with Gasteiger partial charge in [0.1, 0.15) is 17.7 Å². The number of hydrogen-bond acceptors (Lipinski definition) is 7. The molecule has 2 heterocycles. The number of para-hydroxylation sites is 1. The SMILES string of the molecule is COc1ccccc1C1C2(C)OC(=N)C1(C#N)C(C#N)(C#N)C(c1cc(Br)ccc1F)O2. The predicted octanol–water partition coefficient (Wildman–Crippen LogP) is 4.72. The van der Waals surface area contributed by atoms with Crippen LogP contribution in [0.4, 0.5) is 4.39 Å². The number of nitrogens with one attached hydrogen (secondary N) is 1. The van der Waals surface area contributed by atoms with Crippen LogP contribution in [0.5, 0.6) is 5.75 Å². The summed E-state index contributed by atoms with van der Waals surface area (Å²) in [5.41, 5.74) is -4.06. The van der Waals surface area contributed by atoms with Crippen molar-refractivity contribution in [2.45, 2.75) is 24.7 Å². The number of nitrogens with zero attached hydrogens (tertiary/aromatic N) is 3. The Morgan fingerprint density at radius 1 is 1.09 bits per heavy atom. The molecule has 0 spiro atoms. The minimum absolute atomic E-state index is 0.0925. The predicted molar refractivity (Wildman–Crippen MR) is 113 cm³/mol. The molecule has 4 unspecified atom stereocenters. The van der Waals surface area contributed by atoms with Crippen LogP contribution in [0.15, 0.2) is 46.9 Å². The highest BCUT2D eigenvalue weighted by Gasteiger charge is 2.80. The molecule has 0 radical (unpaired) electrons. The smallest absolute Gasteiger partial charge is 0.219 e. The Balaban J connectivity index is 2.08. The van der Waals surface area contributed by atoms with Crippen LogP contribution in [0.25, 0.3) is 0 Å². The van der Waals surface area contributed by atoms with Crippen molar-refractivity contribution >= 4 is 21.8 Å². The number of benzene rings is 2. The monoisotopic (exact) mass is 494 g/mol. The Labute approximate surface area is 192 Å². The third-order valence-corrected chi connectivity index (χ3v) is 6.70. The van der Waals surface area contributed by atoms with E-state index in [0.29, 0.717) is 15.8 Å². The summed E-state index contributed by atoms with van der Waals surface area (Å²) < 4.78 is 32.8. The van der Waals surface area contributed by atoms with Gasteiger partial charge in [0.25, 0.3) is 0 Å². The number of nitriles is 3. The largest absolute Gasteiger partial charge is 0.496 e. The molecule has 160 valence electrons. The normalized spacial score (nSPS) is 29.8. The van der Waals surface area contributed by atoms with E-state index in [0.717, 1.165) is 0 Å². The number of fused-ring (bicyclic) bond motifs is 2. The van der Waals surface area contributed by atoms with Crippen LogP contribution in [0, 0.1) is 56.0 Å². The lowest BCUT2D eigenvalue weighted by atomic mass is 9.52. The van der Waals surface area contributed by atoms with Crippen LogP contribution in [0.3, 0.4) is 0 Å². The molecule has 0 saturated carbocycles. The van der Waals surface area contributed by atoms with E-state index < -0.39 is 40.4 Å². The van der Waals surface area contributed by atoms with Gasteiger partial charge < -0.3 is 14.2 Å². The molecule has 2 fully saturated rings. The van der Waals surface area contributed by atoms with Crippen LogP contribution in [0.1, 0.15) is 30.1 Å². The summed E-state index contributed by atoms with van der Waals surface area (Å²) in [4.78, 5) is 0. The van der Waals surface area contributed by atoms with Crippen LogP contribution in [-0.4, -0.2) is 18.8 Å². The third-order valence-electron chi connectivity index (χ3n) is 6.21. The number of hydrogen-bond donors (Lipinski definition) is 1. The Morgan fingerprint density at radius 2 is 1.78 bits per heavy atom. The Bertz CT molecular complexity index is 1250. The molecule has 7 nitrogen and oxygen atoms in total. The van der Waals surface area contributed by atoms with Gasteiger partial charge in [-0.3, -0.25) is 5.41 Å². The van der Waals surface area contributed by atoms with Gasteiger partial charge in [-0.25, -0.2) is 4.39 Å². The minimum Gasteiger partial charge on any atom is -0.496 e. The summed E-state index contributed by atoms with van der Waals surface area (Å²) in [5.74, 6) is -3.65. The van der Waals surface area contributed by atoms with Gasteiger partial charge in [-0.15, -0.1) is 0 Å². The first-order chi connectivity index (χ1) is 15.2. The second-order valence-electron chi connectivity index (χ2n) is 7.74. The van der Waals surface area contributed by atoms with Crippen molar-refractivity contribution in [3.05, 3.63) is 63.9 Å². The fraction of sp³-hybridized carbons (Fsp3) is 0.304. The average Bonchev–Trinajstić information content (AvgIpc) is 2.97. The van der Waals surface area contributed by atoms with E-state index in [1.807, 2.05) is 18.2 Å². The number of rotatable bonds is 3. The molecule has 2 aliphatic rings. The van der Waals surface area contributed by atoms with E-state index in [1.165, 1.54) is 32.2 Å². The molecule has 0 aromatic heterocycles. The second kappa shape index (κ2) is 7.31. The van der Waals surface area contributed by atoms with E-state index in [9.17, 15) is 20.2 Å². The molecule has 2 aromatic carbocycles. The lowest BCUT2D eigenvalue weighted by Gasteiger charge is -2.49. The van der Waals surface area contributed by atoms with E-state index in [2.05, 4.69) is 15.9 Å². The van der Waals surface area contributed by atoms with E-state index >= 15 is 0 Å². The van der Waals surface area contributed by atoms with Gasteiger partial charge >= 0.3 is 0 Å². The highest BCUT2D eigenvalue weighted by atomic mass is 79.9. The molecule has 32 heavy (non-hydrogen) atoms. The summed E-state index contributed by atoms with van der Waals surface area (Å²) in [6.07, 6.45) is -1.51. The van der Waals surface area contributed by atoms with Crippen molar-refractivity contribution in [1.82, 2.24) is 0 Å². The van der Waals surface area contributed by atoms with Crippen LogP contribution in [0.2, 0.25) is 0 Å². The molecular weight excluding hydrogens is 479 g/mol. The van der Waals surface area contributed by atoms with Crippen LogP contribution >= 0.6 is 15.9 Å². The fourth-order valence-corrected chi connectivity index (χ4v) is 5.23. The maximum absolute atomic E-state index is 14.9. The maximum atomic E-state index is 14.9. The molecule has 4 atom stereocenters. The topological polar surface area (TPSA) is 123 Å². The average molecular weight is 495 g/mol. The van der Waals surface area contributed by atoms with Gasteiger partial charge in [-0.05, 0) is 24.3 Å². The van der Waals surface area contributed by atoms with Crippen molar-refractivity contribution < 1.29 is 18.6 Å². The molecule has 2 bridgehead atoms. The van der Waals surface area contributed by atoms with Gasteiger partial charge in [0.2, 0.25) is 17.1 Å². The first-order valence-electron chi connectivity index (χ1n) is 9.52. The lowest BCUT2D eigenvalue weighted by Crippen LogP contribution is -2.57. The Hall–Kier alpha value is -3.45. The standard InChI is InChI=1S/C23H16BrFN4O3/c1-21-18(14-5-3-4-6-17(14)30-2)23(12-28,20(29)32-21)22(10-26,11-27)19(31-21)15-9-13(24)7-8-16(15)25/h3-9,18-19,29H,1-2H3. The van der Waals surface area contributed by atoms with Crippen LogP contribution in [-0.2, 0) is 9.47 Å². The van der Waals surface area contributed by atoms with E-state index in [1.54, 1.807) is 24.3 Å². The molecule has 4 rings (SSSR count). The van der Waals surface area contributed by atoms with Crippen molar-refractivity contribution in [2.75, 3.05) is 7.11 Å². The minimum atomic E-state index is -2.30. The van der Waals surface area contributed by atoms with Gasteiger partial charge in [0.15, 0.2) is 5.41 Å². The fourth-order valence-electron chi connectivity index (χ4n) is 4.85. The number of methoxy groups -OCH3 is 1. The third kappa shape index (κ3) is 2.54. The Morgan fingerprint density at radius 3 is 2.41 bits per heavy atom. The van der Waals surface area contributed by atoms with Crippen LogP contribution < -0.4 is 4.74 Å². The van der Waals surface area contributed by atoms with Gasteiger partial charge in [0.05, 0.1) is 31.2 Å². The van der Waals surface area contributed by atoms with Crippen molar-refractivity contribution in [1.29, 1.82) is 21.2 Å². The molecular formula is C23H16BrFN4O3. The molecule has 9 heteroatoms.